The molecule has 2 heterocycles. The van der Waals surface area contributed by atoms with E-state index in [1.807, 2.05) is 18.2 Å². The molecule has 0 fully saturated rings. The van der Waals surface area contributed by atoms with Crippen LogP contribution in [0.2, 0.25) is 0 Å². The molecule has 0 bridgehead atoms. The lowest BCUT2D eigenvalue weighted by molar-refractivity contribution is -0.137. The smallest absolute Gasteiger partial charge is 0.347 e. The van der Waals surface area contributed by atoms with E-state index in [2.05, 4.69) is 15.6 Å². The third kappa shape index (κ3) is 3.50. The molecule has 2 aromatic rings. The predicted octanol–water partition coefficient (Wildman–Crippen LogP) is 2.63. The minimum Gasteiger partial charge on any atom is -0.347 e. The van der Waals surface area contributed by atoms with Crippen molar-refractivity contribution in [2.75, 3.05) is 0 Å². The second kappa shape index (κ2) is 6.00. The molecule has 1 aromatic heterocycles. The summed E-state index contributed by atoms with van der Waals surface area (Å²) in [6.07, 6.45) is -3.80. The average Bonchev–Trinajstić information content (AvgIpc) is 2.99. The van der Waals surface area contributed by atoms with Crippen molar-refractivity contribution < 1.29 is 18.0 Å². The van der Waals surface area contributed by atoms with E-state index < -0.39 is 17.6 Å². The summed E-state index contributed by atoms with van der Waals surface area (Å²) in [5.41, 5.74) is 2.46. The largest absolute Gasteiger partial charge is 0.417 e. The summed E-state index contributed by atoms with van der Waals surface area (Å²) < 4.78 is 37.4. The topological polar surface area (TPSA) is 54.0 Å². The first kappa shape index (κ1) is 15.5. The van der Waals surface area contributed by atoms with Crippen LogP contribution in [-0.4, -0.2) is 10.9 Å². The van der Waals surface area contributed by atoms with Crippen LogP contribution >= 0.6 is 0 Å². The van der Waals surface area contributed by atoms with Crippen LogP contribution in [-0.2, 0) is 25.8 Å². The van der Waals surface area contributed by atoms with Crippen molar-refractivity contribution in [3.05, 3.63) is 64.5 Å². The number of hydrogen-bond acceptors (Lipinski definition) is 3. The normalized spacial score (nSPS) is 13.7. The van der Waals surface area contributed by atoms with Crippen molar-refractivity contribution in [3.63, 3.8) is 0 Å². The molecule has 1 amide bonds. The number of fused-ring (bicyclic) bond motifs is 1. The van der Waals surface area contributed by atoms with E-state index in [0.29, 0.717) is 12.7 Å². The number of benzene rings is 1. The maximum atomic E-state index is 12.5. The molecule has 0 saturated heterocycles. The van der Waals surface area contributed by atoms with Gasteiger partial charge < -0.3 is 10.6 Å². The summed E-state index contributed by atoms with van der Waals surface area (Å²) in [5.74, 6) is -0.502. The van der Waals surface area contributed by atoms with Gasteiger partial charge in [0.1, 0.15) is 5.69 Å². The van der Waals surface area contributed by atoms with Gasteiger partial charge in [0.2, 0.25) is 0 Å². The monoisotopic (exact) mass is 321 g/mol. The number of amides is 1. The van der Waals surface area contributed by atoms with Crippen LogP contribution in [0, 0.1) is 0 Å². The van der Waals surface area contributed by atoms with E-state index in [-0.39, 0.29) is 5.69 Å². The molecule has 0 radical (unpaired) electrons. The summed E-state index contributed by atoms with van der Waals surface area (Å²) in [4.78, 5) is 15.5. The van der Waals surface area contributed by atoms with Crippen LogP contribution < -0.4 is 10.6 Å². The number of pyridine rings is 1. The van der Waals surface area contributed by atoms with Crippen molar-refractivity contribution in [2.24, 2.45) is 0 Å². The number of nitrogens with one attached hydrogen (secondary N) is 2. The summed E-state index contributed by atoms with van der Waals surface area (Å²) in [6, 6.07) is 7.86. The average molecular weight is 321 g/mol. The van der Waals surface area contributed by atoms with E-state index in [9.17, 15) is 18.0 Å². The first-order chi connectivity index (χ1) is 10.9. The van der Waals surface area contributed by atoms with Gasteiger partial charge in [0.15, 0.2) is 0 Å². The molecule has 1 aliphatic heterocycles. The first-order valence-corrected chi connectivity index (χ1v) is 7.06. The minimum absolute atomic E-state index is 0.0409. The van der Waals surface area contributed by atoms with Crippen LogP contribution in [0.3, 0.4) is 0 Å². The van der Waals surface area contributed by atoms with E-state index in [0.717, 1.165) is 30.8 Å². The molecule has 0 saturated carbocycles. The van der Waals surface area contributed by atoms with Gasteiger partial charge in [-0.05, 0) is 28.8 Å². The highest BCUT2D eigenvalue weighted by molar-refractivity contribution is 5.92. The minimum atomic E-state index is -4.46. The molecule has 120 valence electrons. The Labute approximate surface area is 130 Å². The molecule has 2 N–H and O–H groups in total. The van der Waals surface area contributed by atoms with E-state index in [4.69, 9.17) is 0 Å². The molecular weight excluding hydrogens is 307 g/mol. The zero-order valence-corrected chi connectivity index (χ0v) is 12.1. The Morgan fingerprint density at radius 3 is 2.65 bits per heavy atom. The molecule has 3 rings (SSSR count). The predicted molar refractivity (Wildman–Crippen MR) is 77.4 cm³/mol. The summed E-state index contributed by atoms with van der Waals surface area (Å²) in [5, 5.41) is 5.90. The highest BCUT2D eigenvalue weighted by atomic mass is 19.4. The number of hydrogen-bond donors (Lipinski definition) is 2. The Morgan fingerprint density at radius 2 is 1.96 bits per heavy atom. The van der Waals surface area contributed by atoms with Crippen LogP contribution in [0.25, 0.3) is 0 Å². The van der Waals surface area contributed by atoms with Gasteiger partial charge in [-0.25, -0.2) is 0 Å². The van der Waals surface area contributed by atoms with Crippen LogP contribution in [0.1, 0.15) is 32.7 Å². The van der Waals surface area contributed by atoms with E-state index in [1.165, 1.54) is 11.1 Å². The van der Waals surface area contributed by atoms with Gasteiger partial charge in [-0.3, -0.25) is 9.78 Å². The first-order valence-electron chi connectivity index (χ1n) is 7.06. The SMILES string of the molecule is O=C(NCc1ccc2c(c1)CNC2)c1ccc(C(F)(F)F)cn1. The van der Waals surface area contributed by atoms with E-state index >= 15 is 0 Å². The van der Waals surface area contributed by atoms with Crippen molar-refractivity contribution in [2.45, 2.75) is 25.8 Å². The number of rotatable bonds is 3. The van der Waals surface area contributed by atoms with Crippen molar-refractivity contribution in [1.29, 1.82) is 0 Å². The summed E-state index contributed by atoms with van der Waals surface area (Å²) in [6.45, 7) is 1.95. The molecule has 0 atom stereocenters. The molecule has 7 heteroatoms. The second-order valence-electron chi connectivity index (χ2n) is 5.32. The Hall–Kier alpha value is -2.41. The van der Waals surface area contributed by atoms with Gasteiger partial charge in [-0.15, -0.1) is 0 Å². The number of halogens is 3. The number of aromatic nitrogens is 1. The Kier molecular flexibility index (Phi) is 4.04. The third-order valence-corrected chi connectivity index (χ3v) is 3.68. The second-order valence-corrected chi connectivity index (χ2v) is 5.32. The maximum Gasteiger partial charge on any atom is 0.417 e. The molecule has 0 aliphatic carbocycles. The lowest BCUT2D eigenvalue weighted by Crippen LogP contribution is -2.24. The highest BCUT2D eigenvalue weighted by Gasteiger charge is 2.30. The zero-order chi connectivity index (χ0) is 16.4. The van der Waals surface area contributed by atoms with Gasteiger partial charge in [0.05, 0.1) is 5.56 Å². The fourth-order valence-corrected chi connectivity index (χ4v) is 2.43. The highest BCUT2D eigenvalue weighted by Crippen LogP contribution is 2.28. The molecule has 0 spiro atoms. The van der Waals surface area contributed by atoms with Gasteiger partial charge in [-0.1, -0.05) is 18.2 Å². The molecule has 4 nitrogen and oxygen atoms in total. The summed E-state index contributed by atoms with van der Waals surface area (Å²) >= 11 is 0. The van der Waals surface area contributed by atoms with Crippen LogP contribution in [0.5, 0.6) is 0 Å². The van der Waals surface area contributed by atoms with Gasteiger partial charge in [-0.2, -0.15) is 13.2 Å². The Morgan fingerprint density at radius 1 is 1.17 bits per heavy atom. The molecule has 1 aromatic carbocycles. The van der Waals surface area contributed by atoms with Crippen molar-refractivity contribution >= 4 is 5.91 Å². The lowest BCUT2D eigenvalue weighted by Gasteiger charge is -2.08. The maximum absolute atomic E-state index is 12.5. The molecular formula is C16H14F3N3O. The van der Waals surface area contributed by atoms with Crippen molar-refractivity contribution in [1.82, 2.24) is 15.6 Å². The van der Waals surface area contributed by atoms with Crippen molar-refractivity contribution in [3.8, 4) is 0 Å². The Balaban J connectivity index is 1.63. The van der Waals surface area contributed by atoms with Gasteiger partial charge in [0.25, 0.3) is 5.91 Å². The van der Waals surface area contributed by atoms with Gasteiger partial charge in [0, 0.05) is 25.8 Å². The van der Waals surface area contributed by atoms with E-state index in [1.54, 1.807) is 0 Å². The fraction of sp³-hybridized carbons (Fsp3) is 0.250. The molecule has 23 heavy (non-hydrogen) atoms. The molecule has 1 aliphatic rings. The fourth-order valence-electron chi connectivity index (χ4n) is 2.43. The quantitative estimate of drug-likeness (QED) is 0.914. The number of alkyl halides is 3. The number of carbonyl (C=O) groups is 1. The van der Waals surface area contributed by atoms with Gasteiger partial charge >= 0.3 is 6.18 Å². The zero-order valence-electron chi connectivity index (χ0n) is 12.1. The third-order valence-electron chi connectivity index (χ3n) is 3.68. The lowest BCUT2D eigenvalue weighted by atomic mass is 10.1. The Bertz CT molecular complexity index is 726. The van der Waals surface area contributed by atoms with Crippen LogP contribution in [0.4, 0.5) is 13.2 Å². The summed E-state index contributed by atoms with van der Waals surface area (Å²) in [7, 11) is 0. The van der Waals surface area contributed by atoms with Crippen LogP contribution in [0.15, 0.2) is 36.5 Å². The standard InChI is InChI=1S/C16H14F3N3O/c17-16(18,19)13-3-4-14(21-9-13)15(23)22-6-10-1-2-11-7-20-8-12(11)5-10/h1-5,9,20H,6-8H2,(H,22,23). The molecule has 0 unspecified atom stereocenters. The number of nitrogens with zero attached hydrogens (tertiary/aromatic N) is 1. The number of carbonyl (C=O) groups excluding carboxylic acids is 1.